The van der Waals surface area contributed by atoms with E-state index in [0.717, 1.165) is 28.9 Å². The Morgan fingerprint density at radius 2 is 2.08 bits per heavy atom. The molecule has 1 aromatic carbocycles. The molecule has 6 heteroatoms. The molecule has 5 rings (SSSR count). The number of aryl methyl sites for hydroxylation is 1. The van der Waals surface area contributed by atoms with Gasteiger partial charge in [0.15, 0.2) is 5.82 Å². The minimum absolute atomic E-state index is 0.670. The number of aliphatic imine (C=N–C) groups is 1. The molecule has 0 spiro atoms. The number of nitrogens with zero attached hydrogens (tertiary/aromatic N) is 3. The van der Waals surface area contributed by atoms with Gasteiger partial charge in [0.2, 0.25) is 11.7 Å². The van der Waals surface area contributed by atoms with Gasteiger partial charge >= 0.3 is 0 Å². The number of rotatable bonds is 4. The molecule has 0 bridgehead atoms. The highest BCUT2D eigenvalue weighted by molar-refractivity contribution is 5.84. The fourth-order valence-electron chi connectivity index (χ4n) is 3.31. The molecule has 0 radical (unpaired) electrons. The molecule has 126 valence electrons. The van der Waals surface area contributed by atoms with Gasteiger partial charge in [-0.3, -0.25) is 10.4 Å². The summed E-state index contributed by atoms with van der Waals surface area (Å²) in [5, 5.41) is 11.1. The zero-order valence-corrected chi connectivity index (χ0v) is 14.2. The van der Waals surface area contributed by atoms with Crippen LogP contribution in [-0.4, -0.2) is 22.6 Å². The number of amidine groups is 1. The molecule has 3 aliphatic rings. The molecule has 0 saturated heterocycles. The van der Waals surface area contributed by atoms with Gasteiger partial charge < -0.3 is 4.90 Å². The highest BCUT2D eigenvalue weighted by Gasteiger charge is 2.32. The van der Waals surface area contributed by atoms with Crippen LogP contribution in [0.2, 0.25) is 0 Å². The Balaban J connectivity index is 1.44. The first-order valence-corrected chi connectivity index (χ1v) is 8.75. The lowest BCUT2D eigenvalue weighted by Gasteiger charge is -2.28. The summed E-state index contributed by atoms with van der Waals surface area (Å²) >= 11 is 0. The maximum atomic E-state index is 4.53. The lowest BCUT2D eigenvalue weighted by atomic mass is 10.2. The Kier molecular flexibility index (Phi) is 3.24. The van der Waals surface area contributed by atoms with Crippen molar-refractivity contribution in [1.29, 1.82) is 0 Å². The number of aromatic nitrogens is 2. The molecule has 3 N–H and O–H groups in total. The van der Waals surface area contributed by atoms with Crippen molar-refractivity contribution in [2.75, 3.05) is 16.8 Å². The van der Waals surface area contributed by atoms with E-state index in [-0.39, 0.29) is 0 Å². The fourth-order valence-corrected chi connectivity index (χ4v) is 3.31. The Morgan fingerprint density at radius 1 is 1.24 bits per heavy atom. The Hall–Kier alpha value is -2.86. The molecule has 1 saturated carbocycles. The smallest absolute Gasteiger partial charge is 0.232 e. The van der Waals surface area contributed by atoms with Crippen molar-refractivity contribution in [3.05, 3.63) is 66.0 Å². The number of H-pyrrole nitrogens is 1. The van der Waals surface area contributed by atoms with Crippen LogP contribution in [0.3, 0.4) is 0 Å². The molecular formula is C19H21N6+. The van der Waals surface area contributed by atoms with Crippen LogP contribution in [0.15, 0.2) is 59.7 Å². The lowest BCUT2D eigenvalue weighted by Crippen LogP contribution is -3.10. The Morgan fingerprint density at radius 3 is 2.88 bits per heavy atom. The van der Waals surface area contributed by atoms with Crippen LogP contribution in [0, 0.1) is 6.92 Å². The number of benzene rings is 1. The predicted molar refractivity (Wildman–Crippen MR) is 98.3 cm³/mol. The number of fused-ring (bicyclic) bond motifs is 1. The average Bonchev–Trinajstić information content (AvgIpc) is 3.17. The van der Waals surface area contributed by atoms with E-state index in [1.807, 2.05) is 6.20 Å². The normalized spacial score (nSPS) is 21.8. The van der Waals surface area contributed by atoms with Crippen molar-refractivity contribution < 1.29 is 4.90 Å². The maximum Gasteiger partial charge on any atom is 0.232 e. The summed E-state index contributed by atoms with van der Waals surface area (Å²) in [7, 11) is 0. The second-order valence-electron chi connectivity index (χ2n) is 6.92. The molecule has 1 unspecified atom stereocenters. The van der Waals surface area contributed by atoms with E-state index in [1.165, 1.54) is 29.8 Å². The monoisotopic (exact) mass is 333 g/mol. The molecule has 0 amide bonds. The first-order valence-electron chi connectivity index (χ1n) is 8.75. The molecule has 1 fully saturated rings. The van der Waals surface area contributed by atoms with E-state index in [9.17, 15) is 0 Å². The van der Waals surface area contributed by atoms with Gasteiger partial charge in [0.05, 0.1) is 12.4 Å². The Labute approximate surface area is 146 Å². The zero-order valence-electron chi connectivity index (χ0n) is 14.2. The first-order chi connectivity index (χ1) is 12.3. The van der Waals surface area contributed by atoms with Crippen LogP contribution >= 0.6 is 0 Å². The van der Waals surface area contributed by atoms with Gasteiger partial charge in [0, 0.05) is 23.4 Å². The van der Waals surface area contributed by atoms with Gasteiger partial charge in [-0.1, -0.05) is 17.7 Å². The summed E-state index contributed by atoms with van der Waals surface area (Å²) < 4.78 is 0. The van der Waals surface area contributed by atoms with Crippen molar-refractivity contribution in [2.45, 2.75) is 25.7 Å². The molecule has 25 heavy (non-hydrogen) atoms. The lowest BCUT2D eigenvalue weighted by molar-refractivity contribution is -0.698. The minimum atomic E-state index is 0.670. The summed E-state index contributed by atoms with van der Waals surface area (Å²) in [5.74, 6) is 3.66. The molecule has 2 aromatic rings. The van der Waals surface area contributed by atoms with Gasteiger partial charge in [-0.05, 0) is 31.9 Å². The topological polar surface area (TPSA) is 60.8 Å². The van der Waals surface area contributed by atoms with E-state index in [1.54, 1.807) is 0 Å². The molecular weight excluding hydrogens is 312 g/mol. The van der Waals surface area contributed by atoms with E-state index < -0.39 is 0 Å². The highest BCUT2D eigenvalue weighted by Crippen LogP contribution is 2.39. The first kappa shape index (κ1) is 14.5. The van der Waals surface area contributed by atoms with E-state index >= 15 is 0 Å². The van der Waals surface area contributed by atoms with E-state index in [2.05, 4.69) is 75.1 Å². The van der Waals surface area contributed by atoms with Gasteiger partial charge in [-0.15, -0.1) is 0 Å². The summed E-state index contributed by atoms with van der Waals surface area (Å²) in [6.07, 6.45) is 8.62. The average molecular weight is 333 g/mol. The number of hydrogen-bond acceptors (Lipinski definition) is 4. The number of nitrogens with one attached hydrogen (secondary N) is 3. The SMILES string of the molecule is Cc1ccc(N2C=C(Nc3cc(C4CC4)[nH]n3)[NH+]3C=CN=C3C2)cc1. The molecule has 1 atom stereocenters. The van der Waals surface area contributed by atoms with Crippen LogP contribution in [-0.2, 0) is 0 Å². The highest BCUT2D eigenvalue weighted by atomic mass is 15.4. The summed E-state index contributed by atoms with van der Waals surface area (Å²) in [6, 6.07) is 10.7. The fraction of sp³-hybridized carbons (Fsp3) is 0.263. The van der Waals surface area contributed by atoms with Crippen LogP contribution in [0.1, 0.15) is 30.0 Å². The van der Waals surface area contributed by atoms with Gasteiger partial charge in [-0.2, -0.15) is 5.10 Å². The predicted octanol–water partition coefficient (Wildman–Crippen LogP) is 2.09. The van der Waals surface area contributed by atoms with Gasteiger partial charge in [0.1, 0.15) is 12.7 Å². The molecule has 2 aliphatic heterocycles. The van der Waals surface area contributed by atoms with E-state index in [4.69, 9.17) is 0 Å². The van der Waals surface area contributed by atoms with Crippen molar-refractivity contribution >= 4 is 17.3 Å². The van der Waals surface area contributed by atoms with Crippen molar-refractivity contribution in [1.82, 2.24) is 10.2 Å². The van der Waals surface area contributed by atoms with Crippen LogP contribution in [0.25, 0.3) is 0 Å². The standard InChI is InChI=1S/C19H20N6/c1-13-2-6-15(7-3-13)24-11-18-20-8-9-25(18)19(12-24)21-17-10-16(22-23-17)14-4-5-14/h2-3,6-10,12,14H,4-5,11H2,1H3,(H2,21,22,23)/p+1. The van der Waals surface area contributed by atoms with Crippen molar-refractivity contribution in [3.63, 3.8) is 0 Å². The summed E-state index contributed by atoms with van der Waals surface area (Å²) in [5.41, 5.74) is 3.66. The zero-order chi connectivity index (χ0) is 16.8. The molecule has 6 nitrogen and oxygen atoms in total. The maximum absolute atomic E-state index is 4.53. The number of anilines is 2. The van der Waals surface area contributed by atoms with Crippen LogP contribution in [0.5, 0.6) is 0 Å². The second kappa shape index (κ2) is 5.60. The summed E-state index contributed by atoms with van der Waals surface area (Å²) in [4.78, 5) is 7.91. The Bertz CT molecular complexity index is 885. The van der Waals surface area contributed by atoms with Gasteiger partial charge in [-0.25, -0.2) is 9.89 Å². The third-order valence-electron chi connectivity index (χ3n) is 4.92. The number of aromatic amines is 1. The summed E-state index contributed by atoms with van der Waals surface area (Å²) in [6.45, 7) is 2.89. The third-order valence-corrected chi connectivity index (χ3v) is 4.92. The van der Waals surface area contributed by atoms with Crippen molar-refractivity contribution in [3.8, 4) is 0 Å². The van der Waals surface area contributed by atoms with Crippen LogP contribution < -0.4 is 15.1 Å². The second-order valence-corrected chi connectivity index (χ2v) is 6.92. The third kappa shape index (κ3) is 2.74. The van der Waals surface area contributed by atoms with Crippen LogP contribution in [0.4, 0.5) is 11.5 Å². The van der Waals surface area contributed by atoms with Gasteiger partial charge in [0.25, 0.3) is 0 Å². The molecule has 1 aromatic heterocycles. The molecule has 1 aliphatic carbocycles. The minimum Gasteiger partial charge on any atom is -0.329 e. The van der Waals surface area contributed by atoms with Crippen molar-refractivity contribution in [2.24, 2.45) is 4.99 Å². The number of quaternary nitrogens is 1. The largest absolute Gasteiger partial charge is 0.329 e. The number of hydrogen-bond donors (Lipinski definition) is 3. The molecule has 3 heterocycles. The van der Waals surface area contributed by atoms with E-state index in [0.29, 0.717) is 5.92 Å². The quantitative estimate of drug-likeness (QED) is 0.803.